The number of rotatable bonds is 6. The van der Waals surface area contributed by atoms with E-state index >= 15 is 0 Å². The van der Waals surface area contributed by atoms with Gasteiger partial charge in [0.1, 0.15) is 4.83 Å². The Kier molecular flexibility index (Phi) is 5.68. The number of aryl methyl sites for hydroxylation is 2. The lowest BCUT2D eigenvalue weighted by Crippen LogP contribution is -2.37. The van der Waals surface area contributed by atoms with Gasteiger partial charge < -0.3 is 5.32 Å². The number of hydrogen-bond donors (Lipinski definition) is 1. The van der Waals surface area contributed by atoms with Crippen LogP contribution in [0.25, 0.3) is 10.2 Å². The van der Waals surface area contributed by atoms with Crippen LogP contribution in [0.4, 0.5) is 0 Å². The van der Waals surface area contributed by atoms with E-state index < -0.39 is 0 Å². The highest BCUT2D eigenvalue weighted by Gasteiger charge is 2.23. The average Bonchev–Trinajstić information content (AvgIpc) is 3.24. The summed E-state index contributed by atoms with van der Waals surface area (Å²) < 4.78 is 1.67. The molecule has 0 aliphatic heterocycles. The quantitative estimate of drug-likeness (QED) is 0.454. The van der Waals surface area contributed by atoms with Crippen molar-refractivity contribution in [1.29, 1.82) is 0 Å². The van der Waals surface area contributed by atoms with Crippen molar-refractivity contribution in [1.82, 2.24) is 14.9 Å². The van der Waals surface area contributed by atoms with Crippen LogP contribution in [0.1, 0.15) is 49.0 Å². The molecule has 7 heteroatoms. The van der Waals surface area contributed by atoms with Crippen molar-refractivity contribution >= 4 is 39.2 Å². The van der Waals surface area contributed by atoms with Gasteiger partial charge in [-0.3, -0.25) is 14.2 Å². The van der Waals surface area contributed by atoms with Gasteiger partial charge in [-0.05, 0) is 37.7 Å². The molecule has 0 aromatic carbocycles. The predicted octanol–water partition coefficient (Wildman–Crippen LogP) is 3.67. The maximum atomic E-state index is 13.1. The minimum atomic E-state index is 0.00879. The zero-order valence-corrected chi connectivity index (χ0v) is 17.1. The molecular formula is C20H25N3O2S2. The minimum Gasteiger partial charge on any atom is -0.353 e. The van der Waals surface area contributed by atoms with E-state index in [0.29, 0.717) is 17.7 Å². The zero-order valence-electron chi connectivity index (χ0n) is 15.5. The van der Waals surface area contributed by atoms with Gasteiger partial charge in [0.05, 0.1) is 11.1 Å². The second-order valence-electron chi connectivity index (χ2n) is 7.33. The lowest BCUT2D eigenvalue weighted by atomic mass is 9.95. The van der Waals surface area contributed by atoms with Crippen LogP contribution in [0.5, 0.6) is 0 Å². The summed E-state index contributed by atoms with van der Waals surface area (Å²) in [6.07, 6.45) is 10.6. The molecule has 4 rings (SSSR count). The van der Waals surface area contributed by atoms with Crippen LogP contribution in [-0.4, -0.2) is 27.3 Å². The number of nitrogens with one attached hydrogen (secondary N) is 1. The number of thiophene rings is 1. The molecule has 0 spiro atoms. The molecule has 0 unspecified atom stereocenters. The second-order valence-corrected chi connectivity index (χ2v) is 9.35. The molecule has 5 nitrogen and oxygen atoms in total. The van der Waals surface area contributed by atoms with E-state index in [-0.39, 0.29) is 17.2 Å². The third kappa shape index (κ3) is 3.85. The standard InChI is InChI=1S/C20H25N3O2S2/c1-2-11-23-19(25)17-14-9-6-10-15(14)27-18(17)22-20(23)26-12-16(24)21-13-7-4-3-5-8-13/h2,13H,1,3-12H2,(H,21,24). The van der Waals surface area contributed by atoms with Crippen LogP contribution in [0.3, 0.4) is 0 Å². The largest absolute Gasteiger partial charge is 0.353 e. The molecule has 1 fully saturated rings. The van der Waals surface area contributed by atoms with Gasteiger partial charge in [-0.1, -0.05) is 37.1 Å². The Bertz CT molecular complexity index is 925. The molecule has 144 valence electrons. The van der Waals surface area contributed by atoms with Crippen molar-refractivity contribution in [3.63, 3.8) is 0 Å². The Labute approximate surface area is 167 Å². The zero-order chi connectivity index (χ0) is 18.8. The van der Waals surface area contributed by atoms with Crippen molar-refractivity contribution < 1.29 is 4.79 Å². The Balaban J connectivity index is 1.55. The first kappa shape index (κ1) is 18.7. The average molecular weight is 404 g/mol. The number of allylic oxidation sites excluding steroid dienone is 1. The number of fused-ring (bicyclic) bond motifs is 3. The topological polar surface area (TPSA) is 64.0 Å². The molecule has 1 saturated carbocycles. The number of hydrogen-bond acceptors (Lipinski definition) is 5. The Morgan fingerprint density at radius 1 is 1.30 bits per heavy atom. The monoisotopic (exact) mass is 403 g/mol. The van der Waals surface area contributed by atoms with Gasteiger partial charge in [-0.2, -0.15) is 0 Å². The maximum Gasteiger partial charge on any atom is 0.263 e. The van der Waals surface area contributed by atoms with Gasteiger partial charge in [0.2, 0.25) is 5.91 Å². The molecule has 0 bridgehead atoms. The van der Waals surface area contributed by atoms with E-state index in [0.717, 1.165) is 42.3 Å². The van der Waals surface area contributed by atoms with Gasteiger partial charge in [-0.25, -0.2) is 4.98 Å². The third-order valence-corrected chi connectivity index (χ3v) is 7.57. The SMILES string of the molecule is C=CCn1c(SCC(=O)NC2CCCCC2)nc2sc3c(c2c1=O)CCC3. The molecule has 1 N–H and O–H groups in total. The van der Waals surface area contributed by atoms with Crippen molar-refractivity contribution in [2.24, 2.45) is 0 Å². The van der Waals surface area contributed by atoms with Crippen molar-refractivity contribution in [2.45, 2.75) is 69.1 Å². The first-order valence-corrected chi connectivity index (χ1v) is 11.6. The summed E-state index contributed by atoms with van der Waals surface area (Å²) in [4.78, 5) is 32.3. The fraction of sp³-hybridized carbons (Fsp3) is 0.550. The summed E-state index contributed by atoms with van der Waals surface area (Å²) >= 11 is 2.99. The molecular weight excluding hydrogens is 378 g/mol. The number of carbonyl (C=O) groups is 1. The molecule has 2 aliphatic rings. The Hall–Kier alpha value is -1.60. The van der Waals surface area contributed by atoms with Gasteiger partial charge in [0.15, 0.2) is 5.16 Å². The van der Waals surface area contributed by atoms with Crippen LogP contribution in [0.2, 0.25) is 0 Å². The summed E-state index contributed by atoms with van der Waals surface area (Å²) in [7, 11) is 0. The van der Waals surface area contributed by atoms with Crippen LogP contribution >= 0.6 is 23.1 Å². The first-order chi connectivity index (χ1) is 13.2. The summed E-state index contributed by atoms with van der Waals surface area (Å²) in [6.45, 7) is 4.19. The van der Waals surface area contributed by atoms with Gasteiger partial charge >= 0.3 is 0 Å². The van der Waals surface area contributed by atoms with E-state index in [4.69, 9.17) is 4.98 Å². The fourth-order valence-corrected chi connectivity index (χ4v) is 6.23. The maximum absolute atomic E-state index is 13.1. The van der Waals surface area contributed by atoms with E-state index in [1.165, 1.54) is 41.5 Å². The number of carbonyl (C=O) groups excluding carboxylic acids is 1. The van der Waals surface area contributed by atoms with Crippen molar-refractivity contribution in [3.8, 4) is 0 Å². The second kappa shape index (κ2) is 8.19. The summed E-state index contributed by atoms with van der Waals surface area (Å²) in [5, 5.41) is 4.53. The number of aromatic nitrogens is 2. The molecule has 0 atom stereocenters. The minimum absolute atomic E-state index is 0.00879. The van der Waals surface area contributed by atoms with E-state index in [9.17, 15) is 9.59 Å². The van der Waals surface area contributed by atoms with Crippen LogP contribution in [0, 0.1) is 0 Å². The number of amides is 1. The predicted molar refractivity (Wildman–Crippen MR) is 112 cm³/mol. The first-order valence-electron chi connectivity index (χ1n) is 9.75. The summed E-state index contributed by atoms with van der Waals surface area (Å²) in [5.41, 5.74) is 1.20. The molecule has 2 aliphatic carbocycles. The van der Waals surface area contributed by atoms with Gasteiger partial charge in [-0.15, -0.1) is 17.9 Å². The summed E-state index contributed by atoms with van der Waals surface area (Å²) in [5.74, 6) is 0.316. The highest BCUT2D eigenvalue weighted by atomic mass is 32.2. The van der Waals surface area contributed by atoms with Crippen molar-refractivity contribution in [3.05, 3.63) is 33.4 Å². The molecule has 1 amide bonds. The fourth-order valence-electron chi connectivity index (χ4n) is 4.10. The lowest BCUT2D eigenvalue weighted by molar-refractivity contribution is -0.119. The Morgan fingerprint density at radius 2 is 2.11 bits per heavy atom. The smallest absolute Gasteiger partial charge is 0.263 e. The highest BCUT2D eigenvalue weighted by Crippen LogP contribution is 2.35. The Morgan fingerprint density at radius 3 is 2.89 bits per heavy atom. The number of thioether (sulfide) groups is 1. The molecule has 0 saturated heterocycles. The number of nitrogens with zero attached hydrogens (tertiary/aromatic N) is 2. The molecule has 2 aromatic rings. The van der Waals surface area contributed by atoms with Gasteiger partial charge in [0.25, 0.3) is 5.56 Å². The van der Waals surface area contributed by atoms with Crippen molar-refractivity contribution in [2.75, 3.05) is 5.75 Å². The normalized spacial score (nSPS) is 17.2. The molecule has 2 heterocycles. The third-order valence-electron chi connectivity index (χ3n) is 5.40. The van der Waals surface area contributed by atoms with Gasteiger partial charge in [0, 0.05) is 17.5 Å². The van der Waals surface area contributed by atoms with Crippen LogP contribution < -0.4 is 10.9 Å². The van der Waals surface area contributed by atoms with E-state index in [1.54, 1.807) is 22.0 Å². The van der Waals surface area contributed by atoms with Crippen LogP contribution in [0.15, 0.2) is 22.6 Å². The van der Waals surface area contributed by atoms with E-state index in [1.807, 2.05) is 0 Å². The molecule has 0 radical (unpaired) electrons. The highest BCUT2D eigenvalue weighted by molar-refractivity contribution is 7.99. The lowest BCUT2D eigenvalue weighted by Gasteiger charge is -2.22. The molecule has 2 aromatic heterocycles. The van der Waals surface area contributed by atoms with Crippen LogP contribution in [-0.2, 0) is 24.2 Å². The van der Waals surface area contributed by atoms with E-state index in [2.05, 4.69) is 11.9 Å². The molecule has 27 heavy (non-hydrogen) atoms. The summed E-state index contributed by atoms with van der Waals surface area (Å²) in [6, 6.07) is 0.304.